The molecule has 0 aliphatic heterocycles. The molecule has 0 saturated carbocycles. The van der Waals surface area contributed by atoms with E-state index in [0.29, 0.717) is 10.6 Å². The minimum atomic E-state index is -0.307. The van der Waals surface area contributed by atoms with E-state index in [9.17, 15) is 4.79 Å². The third kappa shape index (κ3) is 3.11. The third-order valence-corrected chi connectivity index (χ3v) is 4.41. The van der Waals surface area contributed by atoms with Crippen LogP contribution in [-0.4, -0.2) is 30.5 Å². The zero-order valence-electron chi connectivity index (χ0n) is 7.45. The van der Waals surface area contributed by atoms with Gasteiger partial charge in [0.1, 0.15) is 4.88 Å². The Kier molecular flexibility index (Phi) is 5.21. The molecule has 0 radical (unpaired) electrons. The Bertz CT molecular complexity index is 324. The van der Waals surface area contributed by atoms with Crippen molar-refractivity contribution in [2.45, 2.75) is 4.90 Å². The van der Waals surface area contributed by atoms with Crippen LogP contribution in [0, 0.1) is 2.88 Å². The lowest BCUT2D eigenvalue weighted by Crippen LogP contribution is -1.99. The molecule has 0 aliphatic rings. The predicted molar refractivity (Wildman–Crippen MR) is 66.2 cm³/mol. The molecule has 0 bridgehead atoms. The van der Waals surface area contributed by atoms with Gasteiger partial charge in [0.2, 0.25) is 0 Å². The molecule has 0 atom stereocenters. The SMILES string of the molecule is COC(=O)c1sc(I)cc1SCCO. The molecular formula is C8H9IO3S2. The average Bonchev–Trinajstić information content (AvgIpc) is 2.55. The highest BCUT2D eigenvalue weighted by molar-refractivity contribution is 14.1. The molecule has 6 heteroatoms. The number of carbonyl (C=O) groups excluding carboxylic acids is 1. The van der Waals surface area contributed by atoms with Crippen LogP contribution in [-0.2, 0) is 4.74 Å². The topological polar surface area (TPSA) is 46.5 Å². The van der Waals surface area contributed by atoms with Gasteiger partial charge in [-0.05, 0) is 28.7 Å². The van der Waals surface area contributed by atoms with E-state index in [1.807, 2.05) is 6.07 Å². The lowest BCUT2D eigenvalue weighted by Gasteiger charge is -1.99. The fraction of sp³-hybridized carbons (Fsp3) is 0.375. The maximum atomic E-state index is 11.3. The van der Waals surface area contributed by atoms with Gasteiger partial charge >= 0.3 is 5.97 Å². The monoisotopic (exact) mass is 344 g/mol. The minimum Gasteiger partial charge on any atom is -0.465 e. The van der Waals surface area contributed by atoms with Crippen LogP contribution in [0.5, 0.6) is 0 Å². The van der Waals surface area contributed by atoms with Crippen molar-refractivity contribution in [1.29, 1.82) is 0 Å². The summed E-state index contributed by atoms with van der Waals surface area (Å²) in [7, 11) is 1.37. The maximum Gasteiger partial charge on any atom is 0.349 e. The van der Waals surface area contributed by atoms with Gasteiger partial charge in [0.05, 0.1) is 16.6 Å². The minimum absolute atomic E-state index is 0.109. The fourth-order valence-electron chi connectivity index (χ4n) is 0.844. The fourth-order valence-corrected chi connectivity index (χ4v) is 3.83. The summed E-state index contributed by atoms with van der Waals surface area (Å²) >= 11 is 5.04. The van der Waals surface area contributed by atoms with Crippen molar-refractivity contribution in [3.8, 4) is 0 Å². The van der Waals surface area contributed by atoms with E-state index in [4.69, 9.17) is 5.11 Å². The molecular weight excluding hydrogens is 335 g/mol. The number of aliphatic hydroxyl groups is 1. The number of ether oxygens (including phenoxy) is 1. The van der Waals surface area contributed by atoms with E-state index >= 15 is 0 Å². The molecule has 0 aromatic carbocycles. The summed E-state index contributed by atoms with van der Waals surface area (Å²) in [5, 5.41) is 8.69. The summed E-state index contributed by atoms with van der Waals surface area (Å²) in [5.41, 5.74) is 0. The van der Waals surface area contributed by atoms with Crippen LogP contribution in [0.25, 0.3) is 0 Å². The molecule has 1 aromatic heterocycles. The van der Waals surface area contributed by atoms with Gasteiger partial charge in [-0.3, -0.25) is 0 Å². The van der Waals surface area contributed by atoms with Gasteiger partial charge in [0, 0.05) is 10.6 Å². The Hall–Kier alpha value is 0.210. The quantitative estimate of drug-likeness (QED) is 0.517. The lowest BCUT2D eigenvalue weighted by molar-refractivity contribution is 0.0602. The van der Waals surface area contributed by atoms with Gasteiger partial charge in [-0.15, -0.1) is 23.1 Å². The number of methoxy groups -OCH3 is 1. The summed E-state index contributed by atoms with van der Waals surface area (Å²) in [6.45, 7) is 0.109. The van der Waals surface area contributed by atoms with E-state index in [0.717, 1.165) is 7.78 Å². The molecule has 78 valence electrons. The van der Waals surface area contributed by atoms with Crippen LogP contribution in [0.2, 0.25) is 0 Å². The highest BCUT2D eigenvalue weighted by Gasteiger charge is 2.15. The molecule has 0 spiro atoms. The first kappa shape index (κ1) is 12.3. The van der Waals surface area contributed by atoms with Crippen molar-refractivity contribution >= 4 is 51.7 Å². The summed E-state index contributed by atoms with van der Waals surface area (Å²) in [6.07, 6.45) is 0. The molecule has 1 heterocycles. The highest BCUT2D eigenvalue weighted by atomic mass is 127. The molecule has 3 nitrogen and oxygen atoms in total. The summed E-state index contributed by atoms with van der Waals surface area (Å²) < 4.78 is 5.71. The Morgan fingerprint density at radius 3 is 3.07 bits per heavy atom. The Morgan fingerprint density at radius 2 is 2.50 bits per heavy atom. The van der Waals surface area contributed by atoms with Crippen molar-refractivity contribution in [1.82, 2.24) is 0 Å². The van der Waals surface area contributed by atoms with E-state index < -0.39 is 0 Å². The van der Waals surface area contributed by atoms with E-state index in [-0.39, 0.29) is 12.6 Å². The van der Waals surface area contributed by atoms with Crippen molar-refractivity contribution in [2.24, 2.45) is 0 Å². The molecule has 0 aliphatic carbocycles. The van der Waals surface area contributed by atoms with Crippen molar-refractivity contribution in [2.75, 3.05) is 19.5 Å². The van der Waals surface area contributed by atoms with Gasteiger partial charge in [0.15, 0.2) is 0 Å². The predicted octanol–water partition coefficient (Wildman–Crippen LogP) is 2.22. The second-order valence-electron chi connectivity index (χ2n) is 2.31. The lowest BCUT2D eigenvalue weighted by atomic mass is 10.5. The largest absolute Gasteiger partial charge is 0.465 e. The zero-order chi connectivity index (χ0) is 10.6. The number of aliphatic hydroxyl groups excluding tert-OH is 1. The van der Waals surface area contributed by atoms with E-state index in [1.54, 1.807) is 0 Å². The number of hydrogen-bond acceptors (Lipinski definition) is 5. The van der Waals surface area contributed by atoms with Gasteiger partial charge in [-0.1, -0.05) is 0 Å². The van der Waals surface area contributed by atoms with Crippen LogP contribution >= 0.6 is 45.7 Å². The summed E-state index contributed by atoms with van der Waals surface area (Å²) in [5.74, 6) is 0.287. The number of thioether (sulfide) groups is 1. The highest BCUT2D eigenvalue weighted by Crippen LogP contribution is 2.32. The number of rotatable bonds is 4. The Labute approximate surface area is 104 Å². The second kappa shape index (κ2) is 5.94. The molecule has 0 amide bonds. The first-order chi connectivity index (χ1) is 6.69. The summed E-state index contributed by atoms with van der Waals surface area (Å²) in [6, 6.07) is 1.93. The van der Waals surface area contributed by atoms with Crippen LogP contribution in [0.15, 0.2) is 11.0 Å². The van der Waals surface area contributed by atoms with E-state index in [1.165, 1.54) is 30.2 Å². The van der Waals surface area contributed by atoms with Crippen LogP contribution in [0.3, 0.4) is 0 Å². The summed E-state index contributed by atoms with van der Waals surface area (Å²) in [4.78, 5) is 12.8. The van der Waals surface area contributed by atoms with Crippen molar-refractivity contribution in [3.63, 3.8) is 0 Å². The van der Waals surface area contributed by atoms with Crippen LogP contribution < -0.4 is 0 Å². The second-order valence-corrected chi connectivity index (χ2v) is 6.39. The van der Waals surface area contributed by atoms with Crippen LogP contribution in [0.4, 0.5) is 0 Å². The molecule has 1 N–H and O–H groups in total. The average molecular weight is 344 g/mol. The number of carbonyl (C=O) groups is 1. The number of esters is 1. The van der Waals surface area contributed by atoms with Gasteiger partial charge in [0.25, 0.3) is 0 Å². The van der Waals surface area contributed by atoms with Gasteiger partial charge < -0.3 is 9.84 Å². The molecule has 0 unspecified atom stereocenters. The zero-order valence-corrected chi connectivity index (χ0v) is 11.2. The molecule has 1 rings (SSSR count). The first-order valence-electron chi connectivity index (χ1n) is 3.80. The Balaban J connectivity index is 2.85. The smallest absolute Gasteiger partial charge is 0.349 e. The number of halogens is 1. The normalized spacial score (nSPS) is 10.2. The van der Waals surface area contributed by atoms with E-state index in [2.05, 4.69) is 27.3 Å². The first-order valence-corrected chi connectivity index (χ1v) is 6.68. The molecule has 1 aromatic rings. The molecule has 0 fully saturated rings. The van der Waals surface area contributed by atoms with Crippen molar-refractivity contribution < 1.29 is 14.6 Å². The maximum absolute atomic E-state index is 11.3. The van der Waals surface area contributed by atoms with Gasteiger partial charge in [-0.25, -0.2) is 4.79 Å². The Morgan fingerprint density at radius 1 is 1.79 bits per heavy atom. The molecule has 0 saturated heterocycles. The van der Waals surface area contributed by atoms with Crippen LogP contribution in [0.1, 0.15) is 9.67 Å². The van der Waals surface area contributed by atoms with Crippen molar-refractivity contribution in [3.05, 3.63) is 13.8 Å². The third-order valence-electron chi connectivity index (χ3n) is 1.39. The number of thiophene rings is 1. The molecule has 14 heavy (non-hydrogen) atoms. The number of hydrogen-bond donors (Lipinski definition) is 1. The van der Waals surface area contributed by atoms with Gasteiger partial charge in [-0.2, -0.15) is 0 Å². The standard InChI is InChI=1S/C8H9IO3S2/c1-12-8(11)7-5(13-3-2-10)4-6(9)14-7/h4,10H,2-3H2,1H3.